The van der Waals surface area contributed by atoms with Gasteiger partial charge in [0.1, 0.15) is 11.6 Å². The summed E-state index contributed by atoms with van der Waals surface area (Å²) >= 11 is 0. The van der Waals surface area contributed by atoms with E-state index in [2.05, 4.69) is 20.3 Å². The molecule has 0 fully saturated rings. The van der Waals surface area contributed by atoms with Crippen LogP contribution in [0.15, 0.2) is 47.0 Å². The van der Waals surface area contributed by atoms with Crippen LogP contribution in [0.4, 0.5) is 5.82 Å². The SMILES string of the molecule is Cc1cc(NCc2ncc(-c3ccccc3)o2)nc(C)n1. The van der Waals surface area contributed by atoms with E-state index in [0.29, 0.717) is 12.4 Å². The maximum Gasteiger partial charge on any atom is 0.214 e. The second-order valence-electron chi connectivity index (χ2n) is 4.78. The van der Waals surface area contributed by atoms with Gasteiger partial charge in [0, 0.05) is 17.3 Å². The smallest absolute Gasteiger partial charge is 0.214 e. The lowest BCUT2D eigenvalue weighted by Crippen LogP contribution is -2.04. The number of anilines is 1. The van der Waals surface area contributed by atoms with Crippen LogP contribution in [0.3, 0.4) is 0 Å². The molecule has 0 aliphatic carbocycles. The Kier molecular flexibility index (Phi) is 3.64. The fourth-order valence-corrected chi connectivity index (χ4v) is 2.10. The summed E-state index contributed by atoms with van der Waals surface area (Å²) in [7, 11) is 0. The molecule has 0 saturated carbocycles. The average molecular weight is 280 g/mol. The van der Waals surface area contributed by atoms with Gasteiger partial charge in [-0.3, -0.25) is 0 Å². The summed E-state index contributed by atoms with van der Waals surface area (Å²) in [5.41, 5.74) is 1.95. The molecule has 2 aromatic heterocycles. The number of aromatic nitrogens is 3. The van der Waals surface area contributed by atoms with Gasteiger partial charge in [0.2, 0.25) is 5.89 Å². The van der Waals surface area contributed by atoms with Crippen LogP contribution in [0.25, 0.3) is 11.3 Å². The van der Waals surface area contributed by atoms with Crippen LogP contribution in [0.2, 0.25) is 0 Å². The lowest BCUT2D eigenvalue weighted by molar-refractivity contribution is 0.515. The summed E-state index contributed by atoms with van der Waals surface area (Å²) in [6.07, 6.45) is 1.74. The molecule has 0 unspecified atom stereocenters. The van der Waals surface area contributed by atoms with E-state index < -0.39 is 0 Å². The van der Waals surface area contributed by atoms with Crippen molar-refractivity contribution < 1.29 is 4.42 Å². The molecule has 0 atom stereocenters. The normalized spacial score (nSPS) is 10.6. The Hall–Kier alpha value is -2.69. The summed E-state index contributed by atoms with van der Waals surface area (Å²) in [6, 6.07) is 11.8. The summed E-state index contributed by atoms with van der Waals surface area (Å²) in [5, 5.41) is 3.20. The third-order valence-electron chi connectivity index (χ3n) is 3.00. The highest BCUT2D eigenvalue weighted by molar-refractivity contribution is 5.55. The van der Waals surface area contributed by atoms with Gasteiger partial charge in [0.15, 0.2) is 5.76 Å². The largest absolute Gasteiger partial charge is 0.439 e. The quantitative estimate of drug-likeness (QED) is 0.794. The molecule has 0 aliphatic heterocycles. The van der Waals surface area contributed by atoms with Gasteiger partial charge in [-0.05, 0) is 13.8 Å². The lowest BCUT2D eigenvalue weighted by atomic mass is 10.2. The highest BCUT2D eigenvalue weighted by Crippen LogP contribution is 2.20. The zero-order chi connectivity index (χ0) is 14.7. The molecule has 5 nitrogen and oxygen atoms in total. The van der Waals surface area contributed by atoms with Crippen LogP contribution in [0.5, 0.6) is 0 Å². The van der Waals surface area contributed by atoms with E-state index >= 15 is 0 Å². The van der Waals surface area contributed by atoms with Crippen LogP contribution in [-0.4, -0.2) is 15.0 Å². The number of oxazole rings is 1. The third-order valence-corrected chi connectivity index (χ3v) is 3.00. The standard InChI is InChI=1S/C16H16N4O/c1-11-8-15(20-12(2)19-11)17-10-16-18-9-14(21-16)13-6-4-3-5-7-13/h3-9H,10H2,1-2H3,(H,17,19,20). The topological polar surface area (TPSA) is 63.8 Å². The van der Waals surface area contributed by atoms with Crippen LogP contribution >= 0.6 is 0 Å². The molecule has 0 aliphatic rings. The molecule has 5 heteroatoms. The minimum absolute atomic E-state index is 0.489. The lowest BCUT2D eigenvalue weighted by Gasteiger charge is -2.04. The Balaban J connectivity index is 1.70. The fourth-order valence-electron chi connectivity index (χ4n) is 2.10. The first-order chi connectivity index (χ1) is 10.2. The Morgan fingerprint density at radius 1 is 1.10 bits per heavy atom. The minimum atomic E-state index is 0.489. The van der Waals surface area contributed by atoms with Gasteiger partial charge < -0.3 is 9.73 Å². The number of aryl methyl sites for hydroxylation is 2. The number of hydrogen-bond donors (Lipinski definition) is 1. The Morgan fingerprint density at radius 2 is 1.90 bits per heavy atom. The molecule has 0 spiro atoms. The van der Waals surface area contributed by atoms with E-state index in [0.717, 1.165) is 28.7 Å². The van der Waals surface area contributed by atoms with Gasteiger partial charge in [-0.2, -0.15) is 0 Å². The van der Waals surface area contributed by atoms with E-state index in [-0.39, 0.29) is 0 Å². The monoisotopic (exact) mass is 280 g/mol. The minimum Gasteiger partial charge on any atom is -0.439 e. The molecular weight excluding hydrogens is 264 g/mol. The first-order valence-electron chi connectivity index (χ1n) is 6.77. The molecule has 2 heterocycles. The van der Waals surface area contributed by atoms with Crippen molar-refractivity contribution in [2.24, 2.45) is 0 Å². The first-order valence-corrected chi connectivity index (χ1v) is 6.77. The van der Waals surface area contributed by atoms with Crippen molar-refractivity contribution in [1.82, 2.24) is 15.0 Å². The number of benzene rings is 1. The van der Waals surface area contributed by atoms with Crippen molar-refractivity contribution in [2.45, 2.75) is 20.4 Å². The molecular formula is C16H16N4O. The molecule has 106 valence electrons. The number of hydrogen-bond acceptors (Lipinski definition) is 5. The predicted molar refractivity (Wildman–Crippen MR) is 80.8 cm³/mol. The van der Waals surface area contributed by atoms with Gasteiger partial charge in [-0.1, -0.05) is 30.3 Å². The highest BCUT2D eigenvalue weighted by atomic mass is 16.4. The van der Waals surface area contributed by atoms with E-state index in [1.165, 1.54) is 0 Å². The molecule has 3 rings (SSSR count). The maximum atomic E-state index is 5.73. The maximum absolute atomic E-state index is 5.73. The van der Waals surface area contributed by atoms with E-state index in [4.69, 9.17) is 4.42 Å². The van der Waals surface area contributed by atoms with Crippen molar-refractivity contribution in [3.63, 3.8) is 0 Å². The van der Waals surface area contributed by atoms with Crippen molar-refractivity contribution in [3.8, 4) is 11.3 Å². The summed E-state index contributed by atoms with van der Waals surface area (Å²) in [5.74, 6) is 2.92. The molecule has 0 bridgehead atoms. The Morgan fingerprint density at radius 3 is 2.67 bits per heavy atom. The predicted octanol–water partition coefficient (Wildman–Crippen LogP) is 3.36. The summed E-state index contributed by atoms with van der Waals surface area (Å²) in [4.78, 5) is 12.8. The van der Waals surface area contributed by atoms with Crippen molar-refractivity contribution in [2.75, 3.05) is 5.32 Å². The van der Waals surface area contributed by atoms with E-state index in [1.54, 1.807) is 6.20 Å². The molecule has 0 amide bonds. The van der Waals surface area contributed by atoms with Crippen molar-refractivity contribution in [3.05, 3.63) is 60.0 Å². The fraction of sp³-hybridized carbons (Fsp3) is 0.188. The van der Waals surface area contributed by atoms with Gasteiger partial charge in [-0.15, -0.1) is 0 Å². The molecule has 3 aromatic rings. The Bertz CT molecular complexity index is 717. The highest BCUT2D eigenvalue weighted by Gasteiger charge is 2.06. The zero-order valence-electron chi connectivity index (χ0n) is 12.0. The molecule has 0 saturated heterocycles. The van der Waals surface area contributed by atoms with Gasteiger partial charge in [0.05, 0.1) is 12.7 Å². The number of nitrogens with one attached hydrogen (secondary N) is 1. The van der Waals surface area contributed by atoms with E-state index in [9.17, 15) is 0 Å². The first kappa shape index (κ1) is 13.3. The third kappa shape index (κ3) is 3.25. The second-order valence-corrected chi connectivity index (χ2v) is 4.78. The molecule has 1 N–H and O–H groups in total. The number of rotatable bonds is 4. The van der Waals surface area contributed by atoms with Gasteiger partial charge in [0.25, 0.3) is 0 Å². The average Bonchev–Trinajstić information content (AvgIpc) is 2.94. The second kappa shape index (κ2) is 5.75. The summed E-state index contributed by atoms with van der Waals surface area (Å²) in [6.45, 7) is 4.30. The van der Waals surface area contributed by atoms with Crippen molar-refractivity contribution in [1.29, 1.82) is 0 Å². The molecule has 21 heavy (non-hydrogen) atoms. The van der Waals surface area contributed by atoms with Crippen LogP contribution in [0, 0.1) is 13.8 Å². The van der Waals surface area contributed by atoms with Crippen LogP contribution in [0.1, 0.15) is 17.4 Å². The number of nitrogens with zero attached hydrogens (tertiary/aromatic N) is 3. The summed E-state index contributed by atoms with van der Waals surface area (Å²) < 4.78 is 5.73. The van der Waals surface area contributed by atoms with Crippen molar-refractivity contribution >= 4 is 5.82 Å². The molecule has 0 radical (unpaired) electrons. The van der Waals surface area contributed by atoms with Crippen LogP contribution < -0.4 is 5.32 Å². The van der Waals surface area contributed by atoms with Gasteiger partial charge >= 0.3 is 0 Å². The van der Waals surface area contributed by atoms with E-state index in [1.807, 2.05) is 50.2 Å². The molecule has 1 aromatic carbocycles. The van der Waals surface area contributed by atoms with Gasteiger partial charge in [-0.25, -0.2) is 15.0 Å². The Labute approximate surface area is 123 Å². The van der Waals surface area contributed by atoms with Crippen LogP contribution in [-0.2, 0) is 6.54 Å². The zero-order valence-corrected chi connectivity index (χ0v) is 12.0.